The standard InChI is InChI=1S/C13H16Cl2O3S/c14-12-2-1-9(6-13(12)15)5-11(7-16)10-3-4-19(17,18)8-10/h1-2,6,10-11,16H,3-5,7-8H2. The molecule has 6 heteroatoms. The molecule has 19 heavy (non-hydrogen) atoms. The third-order valence-corrected chi connectivity index (χ3v) is 6.18. The minimum Gasteiger partial charge on any atom is -0.396 e. The van der Waals surface area contributed by atoms with Crippen molar-refractivity contribution in [2.45, 2.75) is 12.8 Å². The molecule has 1 saturated heterocycles. The maximum Gasteiger partial charge on any atom is 0.150 e. The summed E-state index contributed by atoms with van der Waals surface area (Å²) in [4.78, 5) is 0. The van der Waals surface area contributed by atoms with Gasteiger partial charge in [0, 0.05) is 6.61 Å². The van der Waals surface area contributed by atoms with Gasteiger partial charge in [-0.25, -0.2) is 8.42 Å². The fourth-order valence-electron chi connectivity index (χ4n) is 2.55. The van der Waals surface area contributed by atoms with E-state index in [0.717, 1.165) is 5.56 Å². The smallest absolute Gasteiger partial charge is 0.150 e. The predicted molar refractivity (Wildman–Crippen MR) is 77.5 cm³/mol. The predicted octanol–water partition coefficient (Wildman–Crippen LogP) is 2.58. The van der Waals surface area contributed by atoms with Gasteiger partial charge in [-0.2, -0.15) is 0 Å². The molecule has 106 valence electrons. The zero-order valence-corrected chi connectivity index (χ0v) is 12.7. The van der Waals surface area contributed by atoms with Gasteiger partial charge in [-0.3, -0.25) is 0 Å². The summed E-state index contributed by atoms with van der Waals surface area (Å²) in [6.45, 7) is -0.0135. The van der Waals surface area contributed by atoms with Crippen molar-refractivity contribution in [2.24, 2.45) is 11.8 Å². The highest BCUT2D eigenvalue weighted by Gasteiger charge is 2.33. The van der Waals surface area contributed by atoms with Crippen LogP contribution in [0.1, 0.15) is 12.0 Å². The molecule has 1 N–H and O–H groups in total. The topological polar surface area (TPSA) is 54.4 Å². The van der Waals surface area contributed by atoms with Crippen molar-refractivity contribution in [1.82, 2.24) is 0 Å². The number of halogens is 2. The van der Waals surface area contributed by atoms with E-state index in [1.165, 1.54) is 0 Å². The van der Waals surface area contributed by atoms with Crippen molar-refractivity contribution in [3.63, 3.8) is 0 Å². The van der Waals surface area contributed by atoms with Crippen LogP contribution in [0.3, 0.4) is 0 Å². The van der Waals surface area contributed by atoms with Gasteiger partial charge < -0.3 is 5.11 Å². The van der Waals surface area contributed by atoms with E-state index in [1.807, 2.05) is 6.07 Å². The summed E-state index contributed by atoms with van der Waals surface area (Å²) in [5, 5.41) is 10.5. The summed E-state index contributed by atoms with van der Waals surface area (Å²) in [6, 6.07) is 5.36. The fraction of sp³-hybridized carbons (Fsp3) is 0.538. The van der Waals surface area contributed by atoms with Crippen LogP contribution in [-0.2, 0) is 16.3 Å². The lowest BCUT2D eigenvalue weighted by molar-refractivity contribution is 0.184. The van der Waals surface area contributed by atoms with Crippen molar-refractivity contribution >= 4 is 33.0 Å². The van der Waals surface area contributed by atoms with Gasteiger partial charge in [0.25, 0.3) is 0 Å². The van der Waals surface area contributed by atoms with Crippen molar-refractivity contribution < 1.29 is 13.5 Å². The van der Waals surface area contributed by atoms with Crippen LogP contribution in [0.2, 0.25) is 10.0 Å². The summed E-state index contributed by atoms with van der Waals surface area (Å²) < 4.78 is 23.0. The molecule has 1 aliphatic heterocycles. The molecule has 1 heterocycles. The van der Waals surface area contributed by atoms with Crippen LogP contribution in [0.5, 0.6) is 0 Å². The number of rotatable bonds is 4. The van der Waals surface area contributed by atoms with Crippen molar-refractivity contribution in [2.75, 3.05) is 18.1 Å². The second-order valence-electron chi connectivity index (χ2n) is 5.06. The quantitative estimate of drug-likeness (QED) is 0.926. The lowest BCUT2D eigenvalue weighted by atomic mass is 9.87. The molecule has 2 rings (SSSR count). The maximum absolute atomic E-state index is 11.5. The number of aliphatic hydroxyl groups is 1. The number of hydrogen-bond donors (Lipinski definition) is 1. The Kier molecular flexibility index (Phi) is 4.77. The van der Waals surface area contributed by atoms with Crippen LogP contribution < -0.4 is 0 Å². The van der Waals surface area contributed by atoms with E-state index in [0.29, 0.717) is 22.9 Å². The van der Waals surface area contributed by atoms with Crippen molar-refractivity contribution in [1.29, 1.82) is 0 Å². The summed E-state index contributed by atoms with van der Waals surface area (Å²) in [5.74, 6) is 0.397. The van der Waals surface area contributed by atoms with Gasteiger partial charge in [0.05, 0.1) is 21.6 Å². The Morgan fingerprint density at radius 1 is 1.32 bits per heavy atom. The second kappa shape index (κ2) is 6.00. The molecule has 1 aromatic rings. The summed E-state index contributed by atoms with van der Waals surface area (Å²) in [7, 11) is -2.92. The molecule has 1 aromatic carbocycles. The highest BCUT2D eigenvalue weighted by atomic mass is 35.5. The molecule has 0 saturated carbocycles. The summed E-state index contributed by atoms with van der Waals surface area (Å²) in [6.07, 6.45) is 1.25. The van der Waals surface area contributed by atoms with Gasteiger partial charge in [0.2, 0.25) is 0 Å². The molecule has 3 nitrogen and oxygen atoms in total. The Morgan fingerprint density at radius 3 is 2.58 bits per heavy atom. The fourth-order valence-corrected chi connectivity index (χ4v) is 4.79. The Morgan fingerprint density at radius 2 is 2.05 bits per heavy atom. The van der Waals surface area contributed by atoms with Crippen molar-refractivity contribution in [3.05, 3.63) is 33.8 Å². The largest absolute Gasteiger partial charge is 0.396 e. The minimum absolute atomic E-state index is 0.0135. The molecule has 2 atom stereocenters. The summed E-state index contributed by atoms with van der Waals surface area (Å²) >= 11 is 11.8. The highest BCUT2D eigenvalue weighted by molar-refractivity contribution is 7.91. The zero-order chi connectivity index (χ0) is 14.0. The number of hydrogen-bond acceptors (Lipinski definition) is 3. The first-order chi connectivity index (χ1) is 8.91. The SMILES string of the molecule is O=S1(=O)CCC(C(CO)Cc2ccc(Cl)c(Cl)c2)C1. The average molecular weight is 323 g/mol. The molecular formula is C13H16Cl2O3S. The summed E-state index contributed by atoms with van der Waals surface area (Å²) in [5.41, 5.74) is 0.970. The lowest BCUT2D eigenvalue weighted by Crippen LogP contribution is -2.22. The van der Waals surface area contributed by atoms with Crippen LogP contribution in [0, 0.1) is 11.8 Å². The lowest BCUT2D eigenvalue weighted by Gasteiger charge is -2.20. The van der Waals surface area contributed by atoms with Crippen LogP contribution in [0.15, 0.2) is 18.2 Å². The van der Waals surface area contributed by atoms with E-state index in [4.69, 9.17) is 23.2 Å². The third kappa shape index (κ3) is 3.85. The van der Waals surface area contributed by atoms with Crippen LogP contribution in [-0.4, -0.2) is 31.6 Å². The molecule has 0 aromatic heterocycles. The molecule has 0 bridgehead atoms. The average Bonchev–Trinajstić information content (AvgIpc) is 2.71. The van der Waals surface area contributed by atoms with E-state index in [-0.39, 0.29) is 29.9 Å². The van der Waals surface area contributed by atoms with Crippen LogP contribution in [0.4, 0.5) is 0 Å². The Hall–Kier alpha value is -0.290. The van der Waals surface area contributed by atoms with Gasteiger partial charge in [-0.15, -0.1) is 0 Å². The first-order valence-electron chi connectivity index (χ1n) is 6.16. The Labute approximate surface area is 123 Å². The maximum atomic E-state index is 11.5. The molecule has 0 spiro atoms. The van der Waals surface area contributed by atoms with Crippen LogP contribution >= 0.6 is 23.2 Å². The van der Waals surface area contributed by atoms with Gasteiger partial charge in [0.15, 0.2) is 9.84 Å². The molecule has 0 aliphatic carbocycles. The van der Waals surface area contributed by atoms with Gasteiger partial charge in [-0.05, 0) is 42.4 Å². The first kappa shape index (κ1) is 15.1. The van der Waals surface area contributed by atoms with Gasteiger partial charge in [-0.1, -0.05) is 29.3 Å². The van der Waals surface area contributed by atoms with E-state index < -0.39 is 9.84 Å². The molecule has 0 radical (unpaired) electrons. The zero-order valence-electron chi connectivity index (χ0n) is 10.4. The van der Waals surface area contributed by atoms with Gasteiger partial charge in [0.1, 0.15) is 0 Å². The number of benzene rings is 1. The van der Waals surface area contributed by atoms with Gasteiger partial charge >= 0.3 is 0 Å². The van der Waals surface area contributed by atoms with Crippen LogP contribution in [0.25, 0.3) is 0 Å². The third-order valence-electron chi connectivity index (χ3n) is 3.65. The van der Waals surface area contributed by atoms with E-state index in [9.17, 15) is 13.5 Å². The first-order valence-corrected chi connectivity index (χ1v) is 8.74. The highest BCUT2D eigenvalue weighted by Crippen LogP contribution is 2.30. The number of sulfone groups is 1. The molecule has 2 unspecified atom stereocenters. The minimum atomic E-state index is -2.92. The molecular weight excluding hydrogens is 307 g/mol. The normalized spacial score (nSPS) is 23.4. The Bertz CT molecular complexity index is 557. The van der Waals surface area contributed by atoms with Crippen molar-refractivity contribution in [3.8, 4) is 0 Å². The molecule has 1 fully saturated rings. The van der Waals surface area contributed by atoms with E-state index >= 15 is 0 Å². The molecule has 0 amide bonds. The van der Waals surface area contributed by atoms with E-state index in [2.05, 4.69) is 0 Å². The number of aliphatic hydroxyl groups excluding tert-OH is 1. The second-order valence-corrected chi connectivity index (χ2v) is 8.10. The monoisotopic (exact) mass is 322 g/mol. The molecule has 1 aliphatic rings. The Balaban J connectivity index is 2.09. The van der Waals surface area contributed by atoms with E-state index in [1.54, 1.807) is 12.1 Å².